The molecule has 3 heterocycles. The molecule has 3 aromatic heterocycles. The van der Waals surface area contributed by atoms with E-state index in [0.29, 0.717) is 38.5 Å². The van der Waals surface area contributed by atoms with Gasteiger partial charge in [-0.2, -0.15) is 0 Å². The molecule has 0 fully saturated rings. The number of carbonyl (C=O) groups is 1. The number of aromatic amines is 1. The van der Waals surface area contributed by atoms with Crippen LogP contribution in [-0.4, -0.2) is 25.8 Å². The first-order chi connectivity index (χ1) is 14.7. The van der Waals surface area contributed by atoms with E-state index in [1.165, 1.54) is 0 Å². The monoisotopic (exact) mass is 454 g/mol. The molecule has 158 valence electrons. The van der Waals surface area contributed by atoms with Crippen molar-refractivity contribution in [1.82, 2.24) is 19.9 Å². The number of carbonyl (C=O) groups excluding carboxylic acids is 1. The molecule has 0 aliphatic carbocycles. The van der Waals surface area contributed by atoms with Crippen LogP contribution in [0.2, 0.25) is 10.0 Å². The summed E-state index contributed by atoms with van der Waals surface area (Å²) in [5.74, 6) is 0.535. The molecule has 0 unspecified atom stereocenters. The molecule has 1 aromatic carbocycles. The van der Waals surface area contributed by atoms with Gasteiger partial charge in [0.2, 0.25) is 5.95 Å². The SMILES string of the molecule is CC(C)(C)c1ccnc(NC(=O)c2cc3nc(Nc4c(Cl)cccc4Cl)[nH]c3cn2)c1. The summed E-state index contributed by atoms with van der Waals surface area (Å²) < 4.78 is 0. The lowest BCUT2D eigenvalue weighted by atomic mass is 9.88. The predicted molar refractivity (Wildman–Crippen MR) is 125 cm³/mol. The summed E-state index contributed by atoms with van der Waals surface area (Å²) in [7, 11) is 0. The van der Waals surface area contributed by atoms with E-state index in [9.17, 15) is 4.79 Å². The number of nitrogens with one attached hydrogen (secondary N) is 3. The molecule has 3 N–H and O–H groups in total. The van der Waals surface area contributed by atoms with Crippen molar-refractivity contribution in [1.29, 1.82) is 0 Å². The van der Waals surface area contributed by atoms with Crippen molar-refractivity contribution in [3.8, 4) is 0 Å². The van der Waals surface area contributed by atoms with Crippen LogP contribution in [0, 0.1) is 0 Å². The fourth-order valence-corrected chi connectivity index (χ4v) is 3.47. The zero-order valence-electron chi connectivity index (χ0n) is 17.1. The maximum atomic E-state index is 12.7. The van der Waals surface area contributed by atoms with E-state index in [-0.39, 0.29) is 17.0 Å². The molecule has 9 heteroatoms. The Labute approximate surface area is 189 Å². The van der Waals surface area contributed by atoms with Crippen molar-refractivity contribution in [3.05, 3.63) is 70.1 Å². The first-order valence-corrected chi connectivity index (χ1v) is 10.3. The molecular weight excluding hydrogens is 435 g/mol. The van der Waals surface area contributed by atoms with Gasteiger partial charge in [0.25, 0.3) is 5.91 Å². The number of fused-ring (bicyclic) bond motifs is 1. The van der Waals surface area contributed by atoms with E-state index in [1.54, 1.807) is 36.7 Å². The number of halogens is 2. The number of aromatic nitrogens is 4. The fourth-order valence-electron chi connectivity index (χ4n) is 2.97. The zero-order valence-corrected chi connectivity index (χ0v) is 18.6. The van der Waals surface area contributed by atoms with E-state index >= 15 is 0 Å². The largest absolute Gasteiger partial charge is 0.323 e. The summed E-state index contributed by atoms with van der Waals surface area (Å²) >= 11 is 12.4. The lowest BCUT2D eigenvalue weighted by molar-refractivity contribution is 0.102. The molecule has 0 radical (unpaired) electrons. The quantitative estimate of drug-likeness (QED) is 0.353. The molecule has 4 aromatic rings. The highest BCUT2D eigenvalue weighted by Crippen LogP contribution is 2.32. The van der Waals surface area contributed by atoms with Crippen molar-refractivity contribution in [2.45, 2.75) is 26.2 Å². The Morgan fingerprint density at radius 3 is 2.52 bits per heavy atom. The summed E-state index contributed by atoms with van der Waals surface area (Å²) in [6.45, 7) is 6.30. The molecule has 0 saturated carbocycles. The molecule has 0 spiro atoms. The smallest absolute Gasteiger partial charge is 0.275 e. The second-order valence-corrected chi connectivity index (χ2v) is 8.84. The maximum absolute atomic E-state index is 12.7. The third kappa shape index (κ3) is 4.62. The van der Waals surface area contributed by atoms with Crippen molar-refractivity contribution in [2.75, 3.05) is 10.6 Å². The molecular formula is C22H20Cl2N6O. The fraction of sp³-hybridized carbons (Fsp3) is 0.182. The standard InChI is InChI=1S/C22H20Cl2N6O/c1-22(2,3)12-7-8-25-18(9-12)29-20(31)16-10-15-17(11-26-16)28-21(27-15)30-19-13(23)5-4-6-14(19)24/h4-11H,1-3H3,(H,25,29,31)(H2,27,28,30). The predicted octanol–water partition coefficient (Wildman–Crippen LogP) is 5.95. The van der Waals surface area contributed by atoms with Crippen LogP contribution in [0.15, 0.2) is 48.8 Å². The minimum absolute atomic E-state index is 0.0530. The molecule has 0 bridgehead atoms. The molecule has 0 atom stereocenters. The normalized spacial score (nSPS) is 11.5. The van der Waals surface area contributed by atoms with Gasteiger partial charge in [-0.25, -0.2) is 15.0 Å². The van der Waals surface area contributed by atoms with Crippen molar-refractivity contribution in [2.24, 2.45) is 0 Å². The van der Waals surface area contributed by atoms with Crippen molar-refractivity contribution >= 4 is 57.6 Å². The van der Waals surface area contributed by atoms with Gasteiger partial charge >= 0.3 is 0 Å². The number of nitrogens with zero attached hydrogens (tertiary/aromatic N) is 3. The number of hydrogen-bond donors (Lipinski definition) is 3. The van der Waals surface area contributed by atoms with Gasteiger partial charge in [0, 0.05) is 6.20 Å². The average molecular weight is 455 g/mol. The third-order valence-electron chi connectivity index (χ3n) is 4.67. The third-order valence-corrected chi connectivity index (χ3v) is 5.30. The Bertz CT molecular complexity index is 1260. The highest BCUT2D eigenvalue weighted by Gasteiger charge is 2.16. The molecule has 4 rings (SSSR count). The number of benzene rings is 1. The Morgan fingerprint density at radius 1 is 1.06 bits per heavy atom. The average Bonchev–Trinajstić information content (AvgIpc) is 3.12. The zero-order chi connectivity index (χ0) is 22.2. The van der Waals surface area contributed by atoms with Gasteiger partial charge in [-0.05, 0) is 41.3 Å². The van der Waals surface area contributed by atoms with E-state index in [0.717, 1.165) is 5.56 Å². The lowest BCUT2D eigenvalue weighted by Crippen LogP contribution is -2.16. The number of amides is 1. The Morgan fingerprint density at radius 2 is 1.81 bits per heavy atom. The van der Waals surface area contributed by atoms with Crippen LogP contribution in [0.25, 0.3) is 11.0 Å². The van der Waals surface area contributed by atoms with Crippen molar-refractivity contribution in [3.63, 3.8) is 0 Å². The summed E-state index contributed by atoms with van der Waals surface area (Å²) in [5, 5.41) is 6.80. The molecule has 1 amide bonds. The van der Waals surface area contributed by atoms with Gasteiger partial charge in [-0.1, -0.05) is 50.0 Å². The number of anilines is 3. The number of hydrogen-bond acceptors (Lipinski definition) is 5. The Hall–Kier alpha value is -3.16. The molecule has 0 aliphatic rings. The minimum atomic E-state index is -0.368. The number of rotatable bonds is 4. The van der Waals surface area contributed by atoms with E-state index in [1.807, 2.05) is 12.1 Å². The Kier molecular flexibility index (Phi) is 5.56. The van der Waals surface area contributed by atoms with Crippen LogP contribution in [0.4, 0.5) is 17.5 Å². The summed E-state index contributed by atoms with van der Waals surface area (Å²) in [6.07, 6.45) is 3.23. The van der Waals surface area contributed by atoms with Gasteiger partial charge < -0.3 is 15.6 Å². The van der Waals surface area contributed by atoms with Crippen LogP contribution in [0.3, 0.4) is 0 Å². The molecule has 7 nitrogen and oxygen atoms in total. The summed E-state index contributed by atoms with van der Waals surface area (Å²) in [6, 6.07) is 10.6. The van der Waals surface area contributed by atoms with Crippen molar-refractivity contribution < 1.29 is 4.79 Å². The first-order valence-electron chi connectivity index (χ1n) is 9.55. The van der Waals surface area contributed by atoms with Crippen LogP contribution < -0.4 is 10.6 Å². The number of imidazole rings is 1. The second-order valence-electron chi connectivity index (χ2n) is 8.03. The van der Waals surface area contributed by atoms with Crippen LogP contribution in [0.1, 0.15) is 36.8 Å². The maximum Gasteiger partial charge on any atom is 0.275 e. The van der Waals surface area contributed by atoms with E-state index in [4.69, 9.17) is 23.2 Å². The van der Waals surface area contributed by atoms with Gasteiger partial charge in [-0.3, -0.25) is 4.79 Å². The van der Waals surface area contributed by atoms with E-state index < -0.39 is 0 Å². The highest BCUT2D eigenvalue weighted by molar-refractivity contribution is 6.39. The number of para-hydroxylation sites is 1. The van der Waals surface area contributed by atoms with Gasteiger partial charge in [0.15, 0.2) is 0 Å². The van der Waals surface area contributed by atoms with Crippen LogP contribution >= 0.6 is 23.2 Å². The van der Waals surface area contributed by atoms with Crippen LogP contribution in [-0.2, 0) is 5.41 Å². The second kappa shape index (κ2) is 8.17. The lowest BCUT2D eigenvalue weighted by Gasteiger charge is -2.19. The molecule has 0 saturated heterocycles. The van der Waals surface area contributed by atoms with Gasteiger partial charge in [0.05, 0.1) is 33.0 Å². The highest BCUT2D eigenvalue weighted by atomic mass is 35.5. The number of pyridine rings is 2. The molecule has 31 heavy (non-hydrogen) atoms. The van der Waals surface area contributed by atoms with Gasteiger partial charge in [0.1, 0.15) is 11.5 Å². The number of H-pyrrole nitrogens is 1. The van der Waals surface area contributed by atoms with Gasteiger partial charge in [-0.15, -0.1) is 0 Å². The van der Waals surface area contributed by atoms with E-state index in [2.05, 4.69) is 51.3 Å². The summed E-state index contributed by atoms with van der Waals surface area (Å²) in [5.41, 5.74) is 3.02. The van der Waals surface area contributed by atoms with Crippen LogP contribution in [0.5, 0.6) is 0 Å². The summed E-state index contributed by atoms with van der Waals surface area (Å²) in [4.78, 5) is 28.7. The minimum Gasteiger partial charge on any atom is -0.323 e. The topological polar surface area (TPSA) is 95.6 Å². The first kappa shape index (κ1) is 21.1. The Balaban J connectivity index is 1.56. The molecule has 0 aliphatic heterocycles.